The fourth-order valence-corrected chi connectivity index (χ4v) is 10.8. The number of likely N-dealkylation sites (tertiary alicyclic amines) is 1. The first-order valence-corrected chi connectivity index (χ1v) is 14.8. The van der Waals surface area contributed by atoms with E-state index in [0.717, 1.165) is 56.9 Å². The Morgan fingerprint density at radius 1 is 1.06 bits per heavy atom. The molecule has 1 unspecified atom stereocenters. The summed E-state index contributed by atoms with van der Waals surface area (Å²) in [4.78, 5) is 26.5. The zero-order valence-corrected chi connectivity index (χ0v) is 23.3. The molecule has 4 aliphatic carbocycles. The van der Waals surface area contributed by atoms with Crippen molar-refractivity contribution >= 4 is 11.9 Å². The van der Waals surface area contributed by atoms with Crippen molar-refractivity contribution in [2.45, 2.75) is 117 Å². The highest BCUT2D eigenvalue weighted by molar-refractivity contribution is 5.74. The van der Waals surface area contributed by atoms with E-state index in [-0.39, 0.29) is 40.6 Å². The van der Waals surface area contributed by atoms with Gasteiger partial charge >= 0.3 is 5.97 Å². The third-order valence-electron chi connectivity index (χ3n) is 12.4. The maximum atomic E-state index is 12.8. The van der Waals surface area contributed by atoms with Gasteiger partial charge in [0.05, 0.1) is 6.10 Å². The van der Waals surface area contributed by atoms with Crippen LogP contribution in [0.5, 0.6) is 0 Å². The number of carbonyl (C=O) groups is 2. The lowest BCUT2D eigenvalue weighted by molar-refractivity contribution is -0.200. The Hall–Kier alpha value is -1.36. The van der Waals surface area contributed by atoms with E-state index in [2.05, 4.69) is 38.7 Å². The molecule has 2 saturated heterocycles. The minimum atomic E-state index is -0.390. The van der Waals surface area contributed by atoms with Crippen molar-refractivity contribution in [3.8, 4) is 0 Å². The van der Waals surface area contributed by atoms with Crippen LogP contribution < -0.4 is 0 Å². The van der Waals surface area contributed by atoms with Crippen LogP contribution in [-0.2, 0) is 19.1 Å². The Balaban J connectivity index is 1.26. The molecule has 6 rings (SSSR count). The second-order valence-electron chi connectivity index (χ2n) is 14.1. The van der Waals surface area contributed by atoms with E-state index in [9.17, 15) is 9.59 Å². The largest absolute Gasteiger partial charge is 0.462 e. The van der Waals surface area contributed by atoms with Gasteiger partial charge in [-0.1, -0.05) is 39.3 Å². The number of fused-ring (bicyclic) bond motifs is 7. The number of amides is 1. The lowest BCUT2D eigenvalue weighted by Gasteiger charge is -2.59. The molecule has 11 atom stereocenters. The summed E-state index contributed by atoms with van der Waals surface area (Å²) in [6.07, 6.45) is 13.0. The molecule has 0 aromatic carbocycles. The van der Waals surface area contributed by atoms with Gasteiger partial charge in [-0.2, -0.15) is 0 Å². The summed E-state index contributed by atoms with van der Waals surface area (Å²) in [5, 5.41) is 0. The fraction of sp³-hybridized carbons (Fsp3) is 0.871. The normalized spacial score (nSPS) is 51.6. The Morgan fingerprint density at radius 3 is 2.56 bits per heavy atom. The number of allylic oxidation sites excluding steroid dienone is 1. The van der Waals surface area contributed by atoms with Crippen molar-refractivity contribution in [3.05, 3.63) is 11.6 Å². The second kappa shape index (κ2) is 8.32. The van der Waals surface area contributed by atoms with Gasteiger partial charge in [0.25, 0.3) is 0 Å². The molecule has 1 spiro atoms. The van der Waals surface area contributed by atoms with Crippen molar-refractivity contribution in [2.75, 3.05) is 6.54 Å². The molecule has 2 heterocycles. The van der Waals surface area contributed by atoms with Crippen molar-refractivity contribution in [1.29, 1.82) is 0 Å². The number of rotatable bonds is 1. The number of piperidine rings is 1. The highest BCUT2D eigenvalue weighted by Crippen LogP contribution is 2.70. The fourth-order valence-electron chi connectivity index (χ4n) is 10.8. The highest BCUT2D eigenvalue weighted by atomic mass is 16.5. The summed E-state index contributed by atoms with van der Waals surface area (Å²) in [7, 11) is 0. The van der Waals surface area contributed by atoms with E-state index in [1.54, 1.807) is 12.5 Å². The SMILES string of the molecule is CC(=O)O[C@H]1CC[C@@]2(C)C(=CC[C@H]3[C@@H]4C[C@@H]5OC6(CC[C@@H](C)CN6C(C)=O)[C@@H](C)[C@@H]5[C@@]4(C)CC[C@@H]32)C1. The average Bonchev–Trinajstić information content (AvgIpc) is 3.26. The lowest BCUT2D eigenvalue weighted by atomic mass is 9.46. The van der Waals surface area contributed by atoms with Gasteiger partial charge in [0.1, 0.15) is 11.8 Å². The van der Waals surface area contributed by atoms with Crippen molar-refractivity contribution in [2.24, 2.45) is 46.3 Å². The van der Waals surface area contributed by atoms with Crippen molar-refractivity contribution < 1.29 is 19.1 Å². The summed E-state index contributed by atoms with van der Waals surface area (Å²) < 4.78 is 12.7. The van der Waals surface area contributed by atoms with E-state index in [0.29, 0.717) is 23.7 Å². The molecule has 0 bridgehead atoms. The number of hydrogen-bond donors (Lipinski definition) is 0. The maximum absolute atomic E-state index is 12.8. The molecule has 0 N–H and O–H groups in total. The molecule has 3 saturated carbocycles. The number of nitrogens with zero attached hydrogens (tertiary/aromatic N) is 1. The van der Waals surface area contributed by atoms with Gasteiger partial charge in [-0.05, 0) is 91.8 Å². The summed E-state index contributed by atoms with van der Waals surface area (Å²) in [6.45, 7) is 13.9. The quantitative estimate of drug-likeness (QED) is 0.324. The predicted octanol–water partition coefficient (Wildman–Crippen LogP) is 6.12. The topological polar surface area (TPSA) is 55.8 Å². The third kappa shape index (κ3) is 3.36. The molecule has 6 aliphatic rings. The molecule has 2 aliphatic heterocycles. The van der Waals surface area contributed by atoms with Gasteiger partial charge in [-0.15, -0.1) is 0 Å². The van der Waals surface area contributed by atoms with E-state index >= 15 is 0 Å². The van der Waals surface area contributed by atoms with Gasteiger partial charge < -0.3 is 14.4 Å². The van der Waals surface area contributed by atoms with Crippen LogP contribution in [0.1, 0.15) is 99.3 Å². The minimum Gasteiger partial charge on any atom is -0.462 e. The Bertz CT molecular complexity index is 976. The zero-order valence-electron chi connectivity index (χ0n) is 23.3. The molecule has 0 aromatic rings. The van der Waals surface area contributed by atoms with Crippen LogP contribution in [0.25, 0.3) is 0 Å². The summed E-state index contributed by atoms with van der Waals surface area (Å²) >= 11 is 0. The van der Waals surface area contributed by atoms with Crippen LogP contribution in [0.3, 0.4) is 0 Å². The molecule has 5 heteroatoms. The standard InChI is InChI=1S/C31H47NO4/c1-18-9-14-31(32(17-18)20(3)33)19(2)28-27(36-31)16-26-24-8-7-22-15-23(35-21(4)34)10-12-29(22,5)25(24)11-13-30(26,28)6/h7,18-19,23-28H,8-17H2,1-6H3/t18-,19+,23+,24-,25+,26+,27+,28+,29+,30+,31?/m1/s1. The zero-order chi connectivity index (χ0) is 25.6. The third-order valence-corrected chi connectivity index (χ3v) is 12.4. The van der Waals surface area contributed by atoms with Gasteiger partial charge in [0.2, 0.25) is 5.91 Å². The monoisotopic (exact) mass is 497 g/mol. The van der Waals surface area contributed by atoms with Gasteiger partial charge in [-0.3, -0.25) is 9.59 Å². The van der Waals surface area contributed by atoms with E-state index < -0.39 is 0 Å². The number of ether oxygens (including phenoxy) is 2. The number of hydrogen-bond acceptors (Lipinski definition) is 4. The molecule has 1 amide bonds. The van der Waals surface area contributed by atoms with Crippen LogP contribution in [-0.4, -0.2) is 41.3 Å². The van der Waals surface area contributed by atoms with Crippen LogP contribution in [0.2, 0.25) is 0 Å². The van der Waals surface area contributed by atoms with Gasteiger partial charge in [0.15, 0.2) is 0 Å². The molecule has 200 valence electrons. The van der Waals surface area contributed by atoms with Gasteiger partial charge in [0, 0.05) is 32.7 Å². The first-order valence-electron chi connectivity index (χ1n) is 14.8. The highest BCUT2D eigenvalue weighted by Gasteiger charge is 2.69. The van der Waals surface area contributed by atoms with Crippen LogP contribution in [0, 0.1) is 46.3 Å². The van der Waals surface area contributed by atoms with Crippen molar-refractivity contribution in [1.82, 2.24) is 4.90 Å². The molecule has 5 fully saturated rings. The van der Waals surface area contributed by atoms with Crippen LogP contribution >= 0.6 is 0 Å². The molecular weight excluding hydrogens is 450 g/mol. The summed E-state index contributed by atoms with van der Waals surface area (Å²) in [5.74, 6) is 3.64. The Morgan fingerprint density at radius 2 is 1.83 bits per heavy atom. The van der Waals surface area contributed by atoms with Crippen LogP contribution in [0.4, 0.5) is 0 Å². The smallest absolute Gasteiger partial charge is 0.302 e. The van der Waals surface area contributed by atoms with E-state index in [1.165, 1.54) is 26.2 Å². The number of esters is 1. The number of carbonyl (C=O) groups excluding carboxylic acids is 2. The lowest BCUT2D eigenvalue weighted by Crippen LogP contribution is -2.60. The molecule has 5 nitrogen and oxygen atoms in total. The molecule has 0 aromatic heterocycles. The second-order valence-corrected chi connectivity index (χ2v) is 14.1. The van der Waals surface area contributed by atoms with Crippen LogP contribution in [0.15, 0.2) is 11.6 Å². The molecular formula is C31H47NO4. The summed E-state index contributed by atoms with van der Waals surface area (Å²) in [6, 6.07) is 0. The summed E-state index contributed by atoms with van der Waals surface area (Å²) in [5.41, 5.74) is 1.70. The predicted molar refractivity (Wildman–Crippen MR) is 139 cm³/mol. The van der Waals surface area contributed by atoms with Crippen molar-refractivity contribution in [3.63, 3.8) is 0 Å². The van der Waals surface area contributed by atoms with Gasteiger partial charge in [-0.25, -0.2) is 0 Å². The van der Waals surface area contributed by atoms with E-state index in [1.807, 2.05) is 0 Å². The molecule has 36 heavy (non-hydrogen) atoms. The first kappa shape index (κ1) is 24.9. The Kier molecular flexibility index (Phi) is 5.76. The van der Waals surface area contributed by atoms with E-state index in [4.69, 9.17) is 9.47 Å². The minimum absolute atomic E-state index is 0.0611. The Labute approximate surface area is 217 Å². The molecule has 0 radical (unpaired) electrons. The maximum Gasteiger partial charge on any atom is 0.302 e. The average molecular weight is 498 g/mol. The first-order chi connectivity index (χ1) is 17.0.